The first-order valence-corrected chi connectivity index (χ1v) is 5.89. The molecule has 94 valence electrons. The lowest BCUT2D eigenvalue weighted by Gasteiger charge is -2.20. The van der Waals surface area contributed by atoms with Crippen molar-refractivity contribution < 1.29 is 5.11 Å². The molecule has 0 saturated heterocycles. The summed E-state index contributed by atoms with van der Waals surface area (Å²) in [5.74, 6) is 1.88. The molecule has 0 unspecified atom stereocenters. The largest absolute Gasteiger partial charge is 0.394 e. The molecule has 0 bridgehead atoms. The van der Waals surface area contributed by atoms with Crippen LogP contribution in [0, 0.1) is 0 Å². The molecule has 5 nitrogen and oxygen atoms in total. The van der Waals surface area contributed by atoms with Gasteiger partial charge in [0.25, 0.3) is 0 Å². The van der Waals surface area contributed by atoms with Crippen LogP contribution in [0.4, 0.5) is 11.6 Å². The summed E-state index contributed by atoms with van der Waals surface area (Å²) >= 11 is 0. The Morgan fingerprint density at radius 3 is 2.53 bits per heavy atom. The predicted molar refractivity (Wildman–Crippen MR) is 67.8 cm³/mol. The minimum absolute atomic E-state index is 0.127. The van der Waals surface area contributed by atoms with E-state index in [1.54, 1.807) is 6.07 Å². The maximum atomic E-state index is 9.28. The second kappa shape index (κ2) is 3.84. The quantitative estimate of drug-likeness (QED) is 0.736. The molecular formula is C12H20N4O. The molecule has 1 aromatic heterocycles. The van der Waals surface area contributed by atoms with Crippen molar-refractivity contribution in [3.8, 4) is 0 Å². The van der Waals surface area contributed by atoms with Gasteiger partial charge in [-0.2, -0.15) is 0 Å². The van der Waals surface area contributed by atoms with Crippen molar-refractivity contribution in [2.75, 3.05) is 17.7 Å². The number of anilines is 2. The van der Waals surface area contributed by atoms with E-state index in [-0.39, 0.29) is 17.6 Å². The fraction of sp³-hybridized carbons (Fsp3) is 0.667. The highest BCUT2D eigenvalue weighted by Crippen LogP contribution is 2.38. The molecule has 0 aromatic carbocycles. The summed E-state index contributed by atoms with van der Waals surface area (Å²) in [7, 11) is 0. The molecule has 1 aliphatic carbocycles. The van der Waals surface area contributed by atoms with Crippen LogP contribution < -0.4 is 11.1 Å². The summed E-state index contributed by atoms with van der Waals surface area (Å²) in [6, 6.07) is 1.71. The number of aliphatic hydroxyl groups is 1. The zero-order valence-corrected chi connectivity index (χ0v) is 10.6. The molecule has 0 radical (unpaired) electrons. The monoisotopic (exact) mass is 236 g/mol. The topological polar surface area (TPSA) is 84.1 Å². The fourth-order valence-corrected chi connectivity index (χ4v) is 1.61. The maximum absolute atomic E-state index is 9.28. The van der Waals surface area contributed by atoms with E-state index in [0.29, 0.717) is 17.5 Å². The number of nitrogens with two attached hydrogens (primary N) is 1. The first kappa shape index (κ1) is 12.1. The minimum atomic E-state index is -0.185. The molecule has 17 heavy (non-hydrogen) atoms. The molecule has 4 N–H and O–H groups in total. The summed E-state index contributed by atoms with van der Waals surface area (Å²) in [4.78, 5) is 8.71. The van der Waals surface area contributed by atoms with Crippen LogP contribution in [0.5, 0.6) is 0 Å². The lowest BCUT2D eigenvalue weighted by atomic mass is 9.96. The number of rotatable bonds is 3. The number of aromatic nitrogens is 2. The zero-order chi connectivity index (χ0) is 12.7. The Kier molecular flexibility index (Phi) is 2.73. The fourth-order valence-electron chi connectivity index (χ4n) is 1.61. The van der Waals surface area contributed by atoms with E-state index in [1.807, 2.05) is 20.8 Å². The van der Waals surface area contributed by atoms with Gasteiger partial charge in [-0.25, -0.2) is 9.97 Å². The Hall–Kier alpha value is -1.36. The summed E-state index contributed by atoms with van der Waals surface area (Å²) in [6.45, 7) is 6.27. The smallest absolute Gasteiger partial charge is 0.138 e. The van der Waals surface area contributed by atoms with Crippen LogP contribution in [-0.4, -0.2) is 27.2 Å². The normalized spacial score (nSPS) is 17.9. The van der Waals surface area contributed by atoms with Crippen LogP contribution >= 0.6 is 0 Å². The molecule has 0 aliphatic heterocycles. The van der Waals surface area contributed by atoms with Crippen molar-refractivity contribution in [2.45, 2.75) is 44.6 Å². The SMILES string of the molecule is CC(C)(C)c1nc(N)cc(NC2(CO)CC2)n1. The van der Waals surface area contributed by atoms with Crippen molar-refractivity contribution in [3.63, 3.8) is 0 Å². The van der Waals surface area contributed by atoms with Crippen molar-refractivity contribution in [1.82, 2.24) is 9.97 Å². The van der Waals surface area contributed by atoms with Gasteiger partial charge in [-0.1, -0.05) is 20.8 Å². The number of aliphatic hydroxyl groups excluding tert-OH is 1. The highest BCUT2D eigenvalue weighted by atomic mass is 16.3. The van der Waals surface area contributed by atoms with Gasteiger partial charge >= 0.3 is 0 Å². The highest BCUT2D eigenvalue weighted by Gasteiger charge is 2.42. The van der Waals surface area contributed by atoms with Crippen LogP contribution in [0.25, 0.3) is 0 Å². The molecule has 1 aromatic rings. The lowest BCUT2D eigenvalue weighted by molar-refractivity contribution is 0.266. The number of nitrogens with one attached hydrogen (secondary N) is 1. The molecule has 1 heterocycles. The Labute approximate surface area is 101 Å². The van der Waals surface area contributed by atoms with Crippen LogP contribution in [0.15, 0.2) is 6.07 Å². The van der Waals surface area contributed by atoms with Crippen molar-refractivity contribution in [2.24, 2.45) is 0 Å². The van der Waals surface area contributed by atoms with Gasteiger partial charge in [0, 0.05) is 11.5 Å². The van der Waals surface area contributed by atoms with E-state index in [2.05, 4.69) is 15.3 Å². The third kappa shape index (κ3) is 2.66. The molecule has 0 atom stereocenters. The van der Waals surface area contributed by atoms with Gasteiger partial charge in [-0.05, 0) is 12.8 Å². The van der Waals surface area contributed by atoms with Gasteiger partial charge in [0.2, 0.25) is 0 Å². The third-order valence-corrected chi connectivity index (χ3v) is 2.97. The molecule has 2 rings (SSSR count). The van der Waals surface area contributed by atoms with Gasteiger partial charge in [0.15, 0.2) is 0 Å². The van der Waals surface area contributed by atoms with E-state index < -0.39 is 0 Å². The van der Waals surface area contributed by atoms with Crippen LogP contribution in [0.2, 0.25) is 0 Å². The van der Waals surface area contributed by atoms with E-state index in [0.717, 1.165) is 12.8 Å². The number of nitrogen functional groups attached to an aromatic ring is 1. The summed E-state index contributed by atoms with van der Waals surface area (Å²) in [5, 5.41) is 12.5. The Morgan fingerprint density at radius 2 is 2.06 bits per heavy atom. The van der Waals surface area contributed by atoms with E-state index in [4.69, 9.17) is 5.73 Å². The average Bonchev–Trinajstić information content (AvgIpc) is 2.96. The minimum Gasteiger partial charge on any atom is -0.394 e. The second-order valence-corrected chi connectivity index (χ2v) is 5.82. The van der Waals surface area contributed by atoms with Crippen LogP contribution in [-0.2, 0) is 5.41 Å². The molecule has 1 aliphatic rings. The summed E-state index contributed by atoms with van der Waals surface area (Å²) in [5.41, 5.74) is 5.46. The second-order valence-electron chi connectivity index (χ2n) is 5.82. The van der Waals surface area contributed by atoms with E-state index in [1.165, 1.54) is 0 Å². The van der Waals surface area contributed by atoms with E-state index in [9.17, 15) is 5.11 Å². The lowest BCUT2D eigenvalue weighted by Crippen LogP contribution is -2.27. The molecule has 1 fully saturated rings. The third-order valence-electron chi connectivity index (χ3n) is 2.97. The van der Waals surface area contributed by atoms with Gasteiger partial charge in [0.1, 0.15) is 17.5 Å². The van der Waals surface area contributed by atoms with Gasteiger partial charge < -0.3 is 16.2 Å². The predicted octanol–water partition coefficient (Wildman–Crippen LogP) is 1.29. The average molecular weight is 236 g/mol. The molecular weight excluding hydrogens is 216 g/mol. The van der Waals surface area contributed by atoms with Crippen molar-refractivity contribution >= 4 is 11.6 Å². The van der Waals surface area contributed by atoms with Crippen molar-refractivity contribution in [1.29, 1.82) is 0 Å². The van der Waals surface area contributed by atoms with Gasteiger partial charge in [0.05, 0.1) is 12.1 Å². The summed E-state index contributed by atoms with van der Waals surface area (Å²) in [6.07, 6.45) is 1.94. The van der Waals surface area contributed by atoms with Crippen molar-refractivity contribution in [3.05, 3.63) is 11.9 Å². The van der Waals surface area contributed by atoms with E-state index >= 15 is 0 Å². The van der Waals surface area contributed by atoms with Crippen LogP contribution in [0.3, 0.4) is 0 Å². The Morgan fingerprint density at radius 1 is 1.41 bits per heavy atom. The molecule has 0 spiro atoms. The first-order chi connectivity index (χ1) is 7.85. The number of hydrogen-bond donors (Lipinski definition) is 3. The Balaban J connectivity index is 2.26. The standard InChI is InChI=1S/C12H20N4O/c1-11(2,3)10-14-8(13)6-9(15-10)16-12(7-17)4-5-12/h6,17H,4-5,7H2,1-3H3,(H3,13,14,15,16). The Bertz CT molecular complexity index is 421. The van der Waals surface area contributed by atoms with Crippen LogP contribution in [0.1, 0.15) is 39.4 Å². The zero-order valence-electron chi connectivity index (χ0n) is 10.6. The highest BCUT2D eigenvalue weighted by molar-refractivity contribution is 5.48. The maximum Gasteiger partial charge on any atom is 0.138 e. The van der Waals surface area contributed by atoms with Gasteiger partial charge in [-0.15, -0.1) is 0 Å². The molecule has 5 heteroatoms. The number of nitrogens with zero attached hydrogens (tertiary/aromatic N) is 2. The first-order valence-electron chi connectivity index (χ1n) is 5.89. The summed E-state index contributed by atoms with van der Waals surface area (Å²) < 4.78 is 0. The molecule has 0 amide bonds. The number of hydrogen-bond acceptors (Lipinski definition) is 5. The molecule has 1 saturated carbocycles. The van der Waals surface area contributed by atoms with Gasteiger partial charge in [-0.3, -0.25) is 0 Å².